The zero-order valence-electron chi connectivity index (χ0n) is 13.6. The van der Waals surface area contributed by atoms with E-state index in [0.717, 1.165) is 6.42 Å². The van der Waals surface area contributed by atoms with E-state index in [1.807, 2.05) is 26.2 Å². The first-order valence-corrected chi connectivity index (χ1v) is 9.27. The maximum atomic E-state index is 12.5. The fourth-order valence-electron chi connectivity index (χ4n) is 1.96. The van der Waals surface area contributed by atoms with Gasteiger partial charge in [-0.3, -0.25) is 14.2 Å². The molecule has 0 saturated carbocycles. The zero-order chi connectivity index (χ0) is 17.0. The molecule has 23 heavy (non-hydrogen) atoms. The molecule has 0 aliphatic heterocycles. The van der Waals surface area contributed by atoms with Crippen molar-refractivity contribution in [3.05, 3.63) is 34.5 Å². The van der Waals surface area contributed by atoms with Crippen molar-refractivity contribution in [1.82, 2.24) is 14.9 Å². The number of nitrogens with one attached hydrogen (secondary N) is 1. The van der Waals surface area contributed by atoms with E-state index in [9.17, 15) is 9.59 Å². The van der Waals surface area contributed by atoms with Gasteiger partial charge in [-0.15, -0.1) is 17.9 Å². The second-order valence-corrected chi connectivity index (χ2v) is 7.65. The number of aromatic nitrogens is 2. The van der Waals surface area contributed by atoms with Gasteiger partial charge in [0.1, 0.15) is 4.83 Å². The van der Waals surface area contributed by atoms with Crippen molar-refractivity contribution in [3.8, 4) is 0 Å². The molecule has 7 heteroatoms. The molecule has 0 atom stereocenters. The number of rotatable bonds is 7. The van der Waals surface area contributed by atoms with E-state index in [4.69, 9.17) is 0 Å². The number of nitrogens with zero attached hydrogens (tertiary/aromatic N) is 2. The van der Waals surface area contributed by atoms with E-state index in [0.29, 0.717) is 21.9 Å². The Kier molecular flexibility index (Phi) is 5.64. The SMILES string of the molecule is C=CCn1c(SCC(=O)NC(C)(C)CC)nc2sccc2c1=O. The summed E-state index contributed by atoms with van der Waals surface area (Å²) >= 11 is 2.70. The van der Waals surface area contributed by atoms with Gasteiger partial charge < -0.3 is 5.32 Å². The Balaban J connectivity index is 2.22. The average molecular weight is 351 g/mol. The minimum Gasteiger partial charge on any atom is -0.351 e. The van der Waals surface area contributed by atoms with Gasteiger partial charge in [0.15, 0.2) is 5.16 Å². The van der Waals surface area contributed by atoms with E-state index in [1.54, 1.807) is 16.7 Å². The zero-order valence-corrected chi connectivity index (χ0v) is 15.2. The highest BCUT2D eigenvalue weighted by molar-refractivity contribution is 7.99. The highest BCUT2D eigenvalue weighted by Gasteiger charge is 2.19. The van der Waals surface area contributed by atoms with Crippen molar-refractivity contribution in [2.75, 3.05) is 5.75 Å². The largest absolute Gasteiger partial charge is 0.351 e. The molecule has 1 N–H and O–H groups in total. The third-order valence-corrected chi connectivity index (χ3v) is 5.34. The van der Waals surface area contributed by atoms with Crippen LogP contribution in [0.25, 0.3) is 10.2 Å². The standard InChI is InChI=1S/C16H21N3O2S2/c1-5-8-19-14(21)11-7-9-22-13(11)17-15(19)23-10-12(20)18-16(3,4)6-2/h5,7,9H,1,6,8,10H2,2-4H3,(H,18,20). The van der Waals surface area contributed by atoms with Gasteiger partial charge in [-0.25, -0.2) is 4.98 Å². The number of amides is 1. The number of carbonyl (C=O) groups excluding carboxylic acids is 1. The van der Waals surface area contributed by atoms with Crippen molar-refractivity contribution < 1.29 is 4.79 Å². The molecule has 0 spiro atoms. The molecule has 0 saturated heterocycles. The number of allylic oxidation sites excluding steroid dienone is 1. The fraction of sp³-hybridized carbons (Fsp3) is 0.438. The van der Waals surface area contributed by atoms with Gasteiger partial charge >= 0.3 is 0 Å². The highest BCUT2D eigenvalue weighted by Crippen LogP contribution is 2.21. The summed E-state index contributed by atoms with van der Waals surface area (Å²) in [6.45, 7) is 10.1. The molecule has 2 aromatic rings. The summed E-state index contributed by atoms with van der Waals surface area (Å²) in [7, 11) is 0. The lowest BCUT2D eigenvalue weighted by atomic mass is 10.0. The molecule has 2 heterocycles. The predicted molar refractivity (Wildman–Crippen MR) is 97.3 cm³/mol. The van der Waals surface area contributed by atoms with Crippen LogP contribution in [-0.4, -0.2) is 26.8 Å². The fourth-order valence-corrected chi connectivity index (χ4v) is 3.58. The Labute approximate surface area is 143 Å². The molecule has 5 nitrogen and oxygen atoms in total. The Morgan fingerprint density at radius 1 is 1.57 bits per heavy atom. The minimum absolute atomic E-state index is 0.0625. The first-order chi connectivity index (χ1) is 10.9. The number of thiophene rings is 1. The number of carbonyl (C=O) groups is 1. The van der Waals surface area contributed by atoms with Crippen LogP contribution >= 0.6 is 23.1 Å². The molecule has 0 fully saturated rings. The lowest BCUT2D eigenvalue weighted by Crippen LogP contribution is -2.43. The molecule has 124 valence electrons. The van der Waals surface area contributed by atoms with E-state index in [1.165, 1.54) is 23.1 Å². The quantitative estimate of drug-likeness (QED) is 0.473. The summed E-state index contributed by atoms with van der Waals surface area (Å²) < 4.78 is 1.56. The summed E-state index contributed by atoms with van der Waals surface area (Å²) in [5, 5.41) is 5.99. The van der Waals surface area contributed by atoms with E-state index in [-0.39, 0.29) is 22.8 Å². The van der Waals surface area contributed by atoms with E-state index in [2.05, 4.69) is 16.9 Å². The second-order valence-electron chi connectivity index (χ2n) is 5.81. The summed E-state index contributed by atoms with van der Waals surface area (Å²) in [6, 6.07) is 1.78. The number of fused-ring (bicyclic) bond motifs is 1. The summed E-state index contributed by atoms with van der Waals surface area (Å²) in [5.74, 6) is 0.164. The Morgan fingerprint density at radius 3 is 2.96 bits per heavy atom. The van der Waals surface area contributed by atoms with Crippen LogP contribution in [0.5, 0.6) is 0 Å². The van der Waals surface area contributed by atoms with Gasteiger partial charge in [-0.1, -0.05) is 24.8 Å². The average Bonchev–Trinajstić information content (AvgIpc) is 2.96. The van der Waals surface area contributed by atoms with E-state index < -0.39 is 0 Å². The highest BCUT2D eigenvalue weighted by atomic mass is 32.2. The van der Waals surface area contributed by atoms with Crippen LogP contribution in [0.15, 0.2) is 34.1 Å². The van der Waals surface area contributed by atoms with Crippen molar-refractivity contribution in [3.63, 3.8) is 0 Å². The molecule has 0 unspecified atom stereocenters. The Morgan fingerprint density at radius 2 is 2.30 bits per heavy atom. The van der Waals surface area contributed by atoms with Crippen LogP contribution in [-0.2, 0) is 11.3 Å². The van der Waals surface area contributed by atoms with Gasteiger partial charge in [0.25, 0.3) is 5.56 Å². The van der Waals surface area contributed by atoms with Crippen LogP contribution in [0.3, 0.4) is 0 Å². The number of hydrogen-bond acceptors (Lipinski definition) is 5. The topological polar surface area (TPSA) is 64.0 Å². The van der Waals surface area contributed by atoms with Crippen molar-refractivity contribution >= 4 is 39.2 Å². The Hall–Kier alpha value is -1.60. The van der Waals surface area contributed by atoms with Gasteiger partial charge in [0.2, 0.25) is 5.91 Å². The molecule has 0 aliphatic carbocycles. The van der Waals surface area contributed by atoms with Crippen molar-refractivity contribution in [1.29, 1.82) is 0 Å². The molecule has 0 aromatic carbocycles. The predicted octanol–water partition coefficient (Wildman–Crippen LogP) is 3.04. The normalized spacial score (nSPS) is 11.6. The first-order valence-electron chi connectivity index (χ1n) is 7.40. The Bertz CT molecular complexity index is 777. The molecule has 2 rings (SSSR count). The molecule has 0 bridgehead atoms. The number of thioether (sulfide) groups is 1. The minimum atomic E-state index is -0.233. The summed E-state index contributed by atoms with van der Waals surface area (Å²) in [4.78, 5) is 29.8. The number of hydrogen-bond donors (Lipinski definition) is 1. The molecular weight excluding hydrogens is 330 g/mol. The van der Waals surface area contributed by atoms with Gasteiger partial charge in [0, 0.05) is 12.1 Å². The second kappa shape index (κ2) is 7.31. The third-order valence-electron chi connectivity index (χ3n) is 3.55. The van der Waals surface area contributed by atoms with Crippen LogP contribution in [0.2, 0.25) is 0 Å². The van der Waals surface area contributed by atoms with Crippen LogP contribution in [0.4, 0.5) is 0 Å². The smallest absolute Gasteiger partial charge is 0.263 e. The maximum absolute atomic E-state index is 12.5. The molecule has 0 aliphatic rings. The maximum Gasteiger partial charge on any atom is 0.263 e. The molecule has 2 aromatic heterocycles. The van der Waals surface area contributed by atoms with Gasteiger partial charge in [-0.2, -0.15) is 0 Å². The molecule has 0 radical (unpaired) electrons. The molecule has 1 amide bonds. The monoisotopic (exact) mass is 351 g/mol. The van der Waals surface area contributed by atoms with Crippen LogP contribution in [0, 0.1) is 0 Å². The third kappa shape index (κ3) is 4.23. The summed E-state index contributed by atoms with van der Waals surface area (Å²) in [6.07, 6.45) is 2.51. The van der Waals surface area contributed by atoms with Crippen molar-refractivity contribution in [2.45, 2.75) is 44.4 Å². The first kappa shape index (κ1) is 17.7. The van der Waals surface area contributed by atoms with Gasteiger partial charge in [-0.05, 0) is 31.7 Å². The lowest BCUT2D eigenvalue weighted by Gasteiger charge is -2.24. The lowest BCUT2D eigenvalue weighted by molar-refractivity contribution is -0.120. The van der Waals surface area contributed by atoms with Crippen LogP contribution < -0.4 is 10.9 Å². The molecular formula is C16H21N3O2S2. The van der Waals surface area contributed by atoms with E-state index >= 15 is 0 Å². The summed E-state index contributed by atoms with van der Waals surface area (Å²) in [5.41, 5.74) is -0.322. The van der Waals surface area contributed by atoms with Crippen LogP contribution in [0.1, 0.15) is 27.2 Å². The van der Waals surface area contributed by atoms with Gasteiger partial charge in [0.05, 0.1) is 11.1 Å². The van der Waals surface area contributed by atoms with Crippen molar-refractivity contribution in [2.24, 2.45) is 0 Å².